The van der Waals surface area contributed by atoms with E-state index in [0.717, 1.165) is 43.4 Å². The second-order valence-electron chi connectivity index (χ2n) is 8.57. The number of nitrogens with zero attached hydrogens (tertiary/aromatic N) is 4. The van der Waals surface area contributed by atoms with Crippen molar-refractivity contribution in [1.29, 1.82) is 0 Å². The standard InChI is InChI=1S/C23H32N4O3/c1-25-11-6-20(7-12-25)27-13-8-21(9-14-27)30-22-5-3-4-18(16-22)23(28)26(2)17-19-10-15-29-24-19/h3-5,10,15-16,20-21H,6-9,11-14,17H2,1-2H3. The van der Waals surface area contributed by atoms with E-state index in [1.807, 2.05) is 24.3 Å². The molecule has 0 saturated carbocycles. The Morgan fingerprint density at radius 3 is 2.63 bits per heavy atom. The van der Waals surface area contributed by atoms with Gasteiger partial charge in [-0.3, -0.25) is 4.79 Å². The van der Waals surface area contributed by atoms with Crippen LogP contribution in [0.15, 0.2) is 41.1 Å². The zero-order valence-corrected chi connectivity index (χ0v) is 18.0. The summed E-state index contributed by atoms with van der Waals surface area (Å²) in [5.74, 6) is 0.717. The predicted molar refractivity (Wildman–Crippen MR) is 114 cm³/mol. The van der Waals surface area contributed by atoms with Crippen LogP contribution in [0, 0.1) is 0 Å². The second kappa shape index (κ2) is 9.62. The van der Waals surface area contributed by atoms with Gasteiger partial charge in [0.05, 0.1) is 6.54 Å². The quantitative estimate of drug-likeness (QED) is 0.727. The van der Waals surface area contributed by atoms with E-state index in [0.29, 0.717) is 12.1 Å². The Morgan fingerprint density at radius 1 is 1.17 bits per heavy atom. The van der Waals surface area contributed by atoms with Crippen molar-refractivity contribution < 1.29 is 14.1 Å². The molecule has 0 radical (unpaired) electrons. The highest BCUT2D eigenvalue weighted by Crippen LogP contribution is 2.24. The van der Waals surface area contributed by atoms with E-state index >= 15 is 0 Å². The topological polar surface area (TPSA) is 62.1 Å². The molecule has 30 heavy (non-hydrogen) atoms. The largest absolute Gasteiger partial charge is 0.490 e. The summed E-state index contributed by atoms with van der Waals surface area (Å²) in [7, 11) is 3.98. The molecule has 7 heteroatoms. The number of hydrogen-bond acceptors (Lipinski definition) is 6. The fourth-order valence-corrected chi connectivity index (χ4v) is 4.47. The van der Waals surface area contributed by atoms with Crippen LogP contribution < -0.4 is 4.74 Å². The van der Waals surface area contributed by atoms with Crippen LogP contribution in [-0.4, -0.2) is 78.2 Å². The maximum absolute atomic E-state index is 12.8. The van der Waals surface area contributed by atoms with Gasteiger partial charge in [0, 0.05) is 37.8 Å². The third-order valence-electron chi connectivity index (χ3n) is 6.30. The molecule has 162 valence electrons. The van der Waals surface area contributed by atoms with Gasteiger partial charge in [-0.25, -0.2) is 0 Å². The number of likely N-dealkylation sites (tertiary alicyclic amines) is 2. The first-order valence-corrected chi connectivity index (χ1v) is 10.9. The number of carbonyl (C=O) groups excluding carboxylic acids is 1. The fourth-order valence-electron chi connectivity index (χ4n) is 4.47. The van der Waals surface area contributed by atoms with Crippen LogP contribution in [0.2, 0.25) is 0 Å². The third-order valence-corrected chi connectivity index (χ3v) is 6.30. The lowest BCUT2D eigenvalue weighted by Gasteiger charge is -2.41. The molecule has 0 bridgehead atoms. The number of ether oxygens (including phenoxy) is 1. The van der Waals surface area contributed by atoms with E-state index in [1.54, 1.807) is 18.0 Å². The molecular weight excluding hydrogens is 380 g/mol. The summed E-state index contributed by atoms with van der Waals surface area (Å²) >= 11 is 0. The number of piperidine rings is 2. The predicted octanol–water partition coefficient (Wildman–Crippen LogP) is 2.88. The fraction of sp³-hybridized carbons (Fsp3) is 0.565. The van der Waals surface area contributed by atoms with Gasteiger partial charge in [0.1, 0.15) is 23.8 Å². The molecule has 0 aliphatic carbocycles. The lowest BCUT2D eigenvalue weighted by molar-refractivity contribution is 0.0524. The number of rotatable bonds is 6. The van der Waals surface area contributed by atoms with Crippen molar-refractivity contribution in [3.8, 4) is 5.75 Å². The summed E-state index contributed by atoms with van der Waals surface area (Å²) in [6, 6.07) is 10.0. The first-order valence-electron chi connectivity index (χ1n) is 10.9. The number of aromatic nitrogens is 1. The molecule has 0 unspecified atom stereocenters. The normalized spacial score (nSPS) is 19.7. The molecule has 1 amide bonds. The minimum absolute atomic E-state index is 0.0551. The van der Waals surface area contributed by atoms with Crippen molar-refractivity contribution in [3.05, 3.63) is 47.9 Å². The summed E-state index contributed by atoms with van der Waals surface area (Å²) in [4.78, 5) is 19.5. The van der Waals surface area contributed by atoms with Crippen molar-refractivity contribution in [2.24, 2.45) is 0 Å². The van der Waals surface area contributed by atoms with E-state index < -0.39 is 0 Å². The molecule has 2 saturated heterocycles. The van der Waals surface area contributed by atoms with E-state index in [1.165, 1.54) is 32.2 Å². The van der Waals surface area contributed by atoms with Crippen LogP contribution in [0.1, 0.15) is 41.7 Å². The van der Waals surface area contributed by atoms with Crippen LogP contribution >= 0.6 is 0 Å². The second-order valence-corrected chi connectivity index (χ2v) is 8.57. The van der Waals surface area contributed by atoms with Gasteiger partial charge in [-0.2, -0.15) is 0 Å². The summed E-state index contributed by atoms with van der Waals surface area (Å²) in [5.41, 5.74) is 1.36. The van der Waals surface area contributed by atoms with Crippen LogP contribution in [0.3, 0.4) is 0 Å². The first-order chi connectivity index (χ1) is 14.6. The Bertz CT molecular complexity index is 810. The molecule has 0 atom stereocenters. The highest BCUT2D eigenvalue weighted by atomic mass is 16.5. The molecule has 4 rings (SSSR count). The summed E-state index contributed by atoms with van der Waals surface area (Å²) in [6.45, 7) is 5.01. The molecule has 1 aromatic carbocycles. The molecule has 2 aromatic rings. The Morgan fingerprint density at radius 2 is 1.93 bits per heavy atom. The highest BCUT2D eigenvalue weighted by Gasteiger charge is 2.28. The SMILES string of the molecule is CN1CCC(N2CCC(Oc3cccc(C(=O)N(C)Cc4ccon4)c3)CC2)CC1. The van der Waals surface area contributed by atoms with Crippen molar-refractivity contribution in [3.63, 3.8) is 0 Å². The molecular formula is C23H32N4O3. The van der Waals surface area contributed by atoms with Crippen molar-refractivity contribution >= 4 is 5.91 Å². The number of hydrogen-bond donors (Lipinski definition) is 0. The van der Waals surface area contributed by atoms with Gasteiger partial charge < -0.3 is 24.0 Å². The number of carbonyl (C=O) groups is 1. The average molecular weight is 413 g/mol. The van der Waals surface area contributed by atoms with Crippen LogP contribution in [0.5, 0.6) is 5.75 Å². The van der Waals surface area contributed by atoms with Gasteiger partial charge >= 0.3 is 0 Å². The van der Waals surface area contributed by atoms with E-state index in [2.05, 4.69) is 22.0 Å². The average Bonchev–Trinajstić information content (AvgIpc) is 3.27. The molecule has 3 heterocycles. The molecule has 2 fully saturated rings. The summed E-state index contributed by atoms with van der Waals surface area (Å²) < 4.78 is 11.1. The van der Waals surface area contributed by atoms with Crippen LogP contribution in [0.4, 0.5) is 0 Å². The van der Waals surface area contributed by atoms with Gasteiger partial charge in [-0.05, 0) is 64.0 Å². The van der Waals surface area contributed by atoms with Crippen molar-refractivity contribution in [1.82, 2.24) is 19.9 Å². The van der Waals surface area contributed by atoms with Crippen LogP contribution in [0.25, 0.3) is 0 Å². The zero-order chi connectivity index (χ0) is 20.9. The van der Waals surface area contributed by atoms with E-state index in [4.69, 9.17) is 9.26 Å². The van der Waals surface area contributed by atoms with Crippen molar-refractivity contribution in [2.75, 3.05) is 40.3 Å². The summed E-state index contributed by atoms with van der Waals surface area (Å²) in [5, 5.41) is 3.87. The summed E-state index contributed by atoms with van der Waals surface area (Å²) in [6.07, 6.45) is 6.35. The first kappa shape index (κ1) is 20.9. The minimum Gasteiger partial charge on any atom is -0.490 e. The lowest BCUT2D eigenvalue weighted by Crippen LogP contribution is -2.48. The van der Waals surface area contributed by atoms with Gasteiger partial charge in [0.15, 0.2) is 0 Å². The van der Waals surface area contributed by atoms with E-state index in [-0.39, 0.29) is 12.0 Å². The Hall–Kier alpha value is -2.38. The zero-order valence-electron chi connectivity index (χ0n) is 18.0. The van der Waals surface area contributed by atoms with Gasteiger partial charge in [0.25, 0.3) is 5.91 Å². The highest BCUT2D eigenvalue weighted by molar-refractivity contribution is 5.94. The molecule has 1 aromatic heterocycles. The van der Waals surface area contributed by atoms with Crippen LogP contribution in [-0.2, 0) is 6.54 Å². The molecule has 7 nitrogen and oxygen atoms in total. The molecule has 0 N–H and O–H groups in total. The number of benzene rings is 1. The molecule has 2 aliphatic heterocycles. The van der Waals surface area contributed by atoms with Gasteiger partial charge in [-0.15, -0.1) is 0 Å². The lowest BCUT2D eigenvalue weighted by atomic mass is 9.99. The third kappa shape index (κ3) is 5.21. The van der Waals surface area contributed by atoms with E-state index in [9.17, 15) is 4.79 Å². The Labute approximate surface area is 178 Å². The Kier molecular flexibility index (Phi) is 6.69. The molecule has 2 aliphatic rings. The maximum Gasteiger partial charge on any atom is 0.254 e. The van der Waals surface area contributed by atoms with Crippen molar-refractivity contribution in [2.45, 2.75) is 44.4 Å². The monoisotopic (exact) mass is 412 g/mol. The number of amides is 1. The van der Waals surface area contributed by atoms with Gasteiger partial charge in [-0.1, -0.05) is 11.2 Å². The Balaban J connectivity index is 1.29. The maximum atomic E-state index is 12.8. The van der Waals surface area contributed by atoms with Gasteiger partial charge in [0.2, 0.25) is 0 Å². The minimum atomic E-state index is -0.0551. The molecule has 0 spiro atoms. The smallest absolute Gasteiger partial charge is 0.254 e.